The summed E-state index contributed by atoms with van der Waals surface area (Å²) in [4.78, 5) is 11.9. The van der Waals surface area contributed by atoms with Gasteiger partial charge in [-0.2, -0.15) is 0 Å². The zero-order valence-electron chi connectivity index (χ0n) is 13.2. The highest BCUT2D eigenvalue weighted by Crippen LogP contribution is 2.20. The van der Waals surface area contributed by atoms with Crippen molar-refractivity contribution < 1.29 is 14.6 Å². The van der Waals surface area contributed by atoms with Crippen LogP contribution in [0.5, 0.6) is 5.75 Å². The maximum Gasteiger partial charge on any atom is 0.244 e. The van der Waals surface area contributed by atoms with Crippen molar-refractivity contribution in [3.8, 4) is 5.75 Å². The third-order valence-electron chi connectivity index (χ3n) is 3.12. The van der Waals surface area contributed by atoms with Crippen LogP contribution < -0.4 is 10.1 Å². The molecule has 0 aromatic heterocycles. The maximum atomic E-state index is 11.9. The number of aliphatic hydroxyl groups is 1. The van der Waals surface area contributed by atoms with Crippen LogP contribution in [0.25, 0.3) is 6.08 Å². The number of hydrogen-bond acceptors (Lipinski definition) is 3. The summed E-state index contributed by atoms with van der Waals surface area (Å²) in [5, 5.41) is 12.1. The summed E-state index contributed by atoms with van der Waals surface area (Å²) in [5.74, 6) is 0.937. The molecule has 1 amide bonds. The number of aryl methyl sites for hydroxylation is 1. The molecule has 0 aliphatic carbocycles. The second-order valence-corrected chi connectivity index (χ2v) is 5.60. The molecule has 0 spiro atoms. The van der Waals surface area contributed by atoms with Gasteiger partial charge in [-0.15, -0.1) is 0 Å². The van der Waals surface area contributed by atoms with Crippen LogP contribution in [0.15, 0.2) is 24.3 Å². The lowest BCUT2D eigenvalue weighted by Gasteiger charge is -2.17. The van der Waals surface area contributed by atoms with E-state index < -0.39 is 0 Å². The summed E-state index contributed by atoms with van der Waals surface area (Å²) in [5.41, 5.74) is 1.96. The van der Waals surface area contributed by atoms with Crippen LogP contribution in [0.1, 0.15) is 31.4 Å². The molecule has 0 fully saturated rings. The lowest BCUT2D eigenvalue weighted by atomic mass is 10.0. The van der Waals surface area contributed by atoms with E-state index in [0.29, 0.717) is 5.92 Å². The number of carbonyl (C=O) groups excluding carboxylic acids is 1. The highest BCUT2D eigenvalue weighted by molar-refractivity contribution is 5.92. The third kappa shape index (κ3) is 6.00. The van der Waals surface area contributed by atoms with Gasteiger partial charge in [-0.1, -0.05) is 25.5 Å². The number of nitrogens with one attached hydrogen (secondary N) is 1. The molecule has 0 aliphatic heterocycles. The summed E-state index contributed by atoms with van der Waals surface area (Å²) >= 11 is 0. The van der Waals surface area contributed by atoms with E-state index in [-0.39, 0.29) is 18.6 Å². The minimum atomic E-state index is -0.210. The van der Waals surface area contributed by atoms with Gasteiger partial charge in [0.15, 0.2) is 0 Å². The molecule has 2 N–H and O–H groups in total. The van der Waals surface area contributed by atoms with Gasteiger partial charge in [0.25, 0.3) is 0 Å². The van der Waals surface area contributed by atoms with Crippen molar-refractivity contribution in [3.63, 3.8) is 0 Å². The zero-order chi connectivity index (χ0) is 15.8. The van der Waals surface area contributed by atoms with E-state index in [0.717, 1.165) is 23.3 Å². The predicted molar refractivity (Wildman–Crippen MR) is 85.2 cm³/mol. The van der Waals surface area contributed by atoms with Gasteiger partial charge in [0.05, 0.1) is 19.8 Å². The van der Waals surface area contributed by atoms with Gasteiger partial charge >= 0.3 is 0 Å². The molecule has 0 radical (unpaired) electrons. The third-order valence-corrected chi connectivity index (χ3v) is 3.12. The Kier molecular flexibility index (Phi) is 6.96. The highest BCUT2D eigenvalue weighted by atomic mass is 16.5. The van der Waals surface area contributed by atoms with Crippen LogP contribution in [-0.4, -0.2) is 30.8 Å². The molecule has 1 unspecified atom stereocenters. The molecule has 1 aromatic rings. The van der Waals surface area contributed by atoms with Crippen LogP contribution in [0.4, 0.5) is 0 Å². The van der Waals surface area contributed by atoms with Crippen LogP contribution >= 0.6 is 0 Å². The number of hydrogen-bond donors (Lipinski definition) is 2. The number of aliphatic hydroxyl groups excluding tert-OH is 1. The number of ether oxygens (including phenoxy) is 1. The Morgan fingerprint density at radius 3 is 2.71 bits per heavy atom. The highest BCUT2D eigenvalue weighted by Gasteiger charge is 2.11. The number of carbonyl (C=O) groups is 1. The number of benzene rings is 1. The van der Waals surface area contributed by atoms with E-state index in [1.54, 1.807) is 13.2 Å². The van der Waals surface area contributed by atoms with Gasteiger partial charge in [-0.05, 0) is 37.5 Å². The first-order valence-electron chi connectivity index (χ1n) is 7.20. The number of methoxy groups -OCH3 is 1. The summed E-state index contributed by atoms with van der Waals surface area (Å²) in [6, 6.07) is 5.59. The molecule has 1 atom stereocenters. The average molecular weight is 291 g/mol. The van der Waals surface area contributed by atoms with E-state index in [1.165, 1.54) is 6.08 Å². The molecule has 1 rings (SSSR count). The number of amides is 1. The van der Waals surface area contributed by atoms with Gasteiger partial charge in [0.1, 0.15) is 5.75 Å². The summed E-state index contributed by atoms with van der Waals surface area (Å²) < 4.78 is 5.26. The molecular formula is C17H25NO3. The molecule has 21 heavy (non-hydrogen) atoms. The van der Waals surface area contributed by atoms with Crippen molar-refractivity contribution in [2.75, 3.05) is 13.7 Å². The molecule has 1 aromatic carbocycles. The Morgan fingerprint density at radius 2 is 2.14 bits per heavy atom. The Morgan fingerprint density at radius 1 is 1.43 bits per heavy atom. The molecule has 0 heterocycles. The Bertz CT molecular complexity index is 495. The normalized spacial score (nSPS) is 12.7. The van der Waals surface area contributed by atoms with Crippen LogP contribution in [0.2, 0.25) is 0 Å². The van der Waals surface area contributed by atoms with Crippen molar-refractivity contribution in [1.82, 2.24) is 5.32 Å². The standard InChI is InChI=1S/C17H25NO3/c1-12(2)9-15(11-19)18-17(20)8-6-14-10-13(3)5-7-16(14)21-4/h5-8,10,12,15,19H,9,11H2,1-4H3,(H,18,20)/b8-6+. The second kappa shape index (κ2) is 8.47. The molecule has 0 aliphatic rings. The molecular weight excluding hydrogens is 266 g/mol. The van der Waals surface area contributed by atoms with E-state index in [2.05, 4.69) is 19.2 Å². The lowest BCUT2D eigenvalue weighted by Crippen LogP contribution is -2.37. The fraction of sp³-hybridized carbons (Fsp3) is 0.471. The molecule has 4 heteroatoms. The molecule has 116 valence electrons. The van der Waals surface area contributed by atoms with Crippen LogP contribution in [-0.2, 0) is 4.79 Å². The fourth-order valence-electron chi connectivity index (χ4n) is 2.15. The molecule has 0 saturated carbocycles. The van der Waals surface area contributed by atoms with E-state index >= 15 is 0 Å². The van der Waals surface area contributed by atoms with Crippen molar-refractivity contribution in [2.24, 2.45) is 5.92 Å². The van der Waals surface area contributed by atoms with Crippen LogP contribution in [0.3, 0.4) is 0 Å². The first-order valence-corrected chi connectivity index (χ1v) is 7.20. The van der Waals surface area contributed by atoms with E-state index in [9.17, 15) is 9.90 Å². The fourth-order valence-corrected chi connectivity index (χ4v) is 2.15. The van der Waals surface area contributed by atoms with Gasteiger partial charge in [-0.3, -0.25) is 4.79 Å². The largest absolute Gasteiger partial charge is 0.496 e. The average Bonchev–Trinajstić information content (AvgIpc) is 2.44. The molecule has 4 nitrogen and oxygen atoms in total. The molecule has 0 bridgehead atoms. The monoisotopic (exact) mass is 291 g/mol. The summed E-state index contributed by atoms with van der Waals surface area (Å²) in [6.07, 6.45) is 3.95. The Hall–Kier alpha value is -1.81. The second-order valence-electron chi connectivity index (χ2n) is 5.60. The minimum Gasteiger partial charge on any atom is -0.496 e. The maximum absolute atomic E-state index is 11.9. The topological polar surface area (TPSA) is 58.6 Å². The first-order chi connectivity index (χ1) is 9.96. The minimum absolute atomic E-state index is 0.0501. The smallest absolute Gasteiger partial charge is 0.244 e. The van der Waals surface area contributed by atoms with Gasteiger partial charge < -0.3 is 15.2 Å². The van der Waals surface area contributed by atoms with E-state index in [4.69, 9.17) is 4.74 Å². The Balaban J connectivity index is 2.71. The van der Waals surface area contributed by atoms with Crippen molar-refractivity contribution in [1.29, 1.82) is 0 Å². The first kappa shape index (κ1) is 17.2. The SMILES string of the molecule is COc1ccc(C)cc1/C=C/C(=O)NC(CO)CC(C)C. The van der Waals surface area contributed by atoms with Gasteiger partial charge in [0, 0.05) is 11.6 Å². The quantitative estimate of drug-likeness (QED) is 0.759. The predicted octanol–water partition coefficient (Wildman–Crippen LogP) is 2.54. The van der Waals surface area contributed by atoms with Crippen molar-refractivity contribution in [3.05, 3.63) is 35.4 Å². The van der Waals surface area contributed by atoms with E-state index in [1.807, 2.05) is 25.1 Å². The van der Waals surface area contributed by atoms with Gasteiger partial charge in [0.2, 0.25) is 5.91 Å². The lowest BCUT2D eigenvalue weighted by molar-refractivity contribution is -0.117. The molecule has 0 saturated heterocycles. The number of rotatable bonds is 7. The Labute approximate surface area is 126 Å². The van der Waals surface area contributed by atoms with Gasteiger partial charge in [-0.25, -0.2) is 0 Å². The van der Waals surface area contributed by atoms with Crippen molar-refractivity contribution >= 4 is 12.0 Å². The van der Waals surface area contributed by atoms with Crippen LogP contribution in [0, 0.1) is 12.8 Å². The summed E-state index contributed by atoms with van der Waals surface area (Å²) in [6.45, 7) is 6.05. The summed E-state index contributed by atoms with van der Waals surface area (Å²) in [7, 11) is 1.60. The zero-order valence-corrected chi connectivity index (χ0v) is 13.2. The van der Waals surface area contributed by atoms with Crippen molar-refractivity contribution in [2.45, 2.75) is 33.2 Å².